The van der Waals surface area contributed by atoms with Crippen molar-refractivity contribution in [3.63, 3.8) is 0 Å². The van der Waals surface area contributed by atoms with Gasteiger partial charge in [-0.1, -0.05) is 6.58 Å². The molecule has 0 aliphatic rings. The topological polar surface area (TPSA) is 18.5 Å². The maximum Gasteiger partial charge on any atom is 0.147 e. The summed E-state index contributed by atoms with van der Waals surface area (Å²) in [5, 5.41) is 0. The second-order valence-electron chi connectivity index (χ2n) is 2.95. The molecule has 2 nitrogen and oxygen atoms in total. The van der Waals surface area contributed by atoms with Crippen molar-refractivity contribution in [1.29, 1.82) is 0 Å². The molecular weight excluding hydrogens is 178 g/mol. The molecule has 0 amide bonds. The lowest BCUT2D eigenvalue weighted by Gasteiger charge is -2.09. The van der Waals surface area contributed by atoms with Crippen molar-refractivity contribution in [3.8, 4) is 0 Å². The SMILES string of the molecule is C=C(C)C(F)COCOCC(C)F. The fourth-order valence-corrected chi connectivity index (χ4v) is 0.563. The number of halogens is 2. The first-order chi connectivity index (χ1) is 6.04. The third kappa shape index (κ3) is 7.87. The quantitative estimate of drug-likeness (QED) is 0.351. The molecule has 0 aliphatic heterocycles. The molecule has 2 atom stereocenters. The summed E-state index contributed by atoms with van der Waals surface area (Å²) in [4.78, 5) is 0. The zero-order valence-electron chi connectivity index (χ0n) is 8.06. The van der Waals surface area contributed by atoms with E-state index < -0.39 is 12.3 Å². The summed E-state index contributed by atoms with van der Waals surface area (Å²) in [6.45, 7) is 6.20. The predicted octanol–water partition coefficient (Wildman–Crippen LogP) is 2.25. The van der Waals surface area contributed by atoms with E-state index >= 15 is 0 Å². The van der Waals surface area contributed by atoms with E-state index in [-0.39, 0.29) is 20.0 Å². The molecule has 0 aromatic heterocycles. The predicted molar refractivity (Wildman–Crippen MR) is 47.1 cm³/mol. The van der Waals surface area contributed by atoms with Gasteiger partial charge in [0.15, 0.2) is 0 Å². The Morgan fingerprint density at radius 2 is 1.85 bits per heavy atom. The highest BCUT2D eigenvalue weighted by Crippen LogP contribution is 2.03. The standard InChI is InChI=1S/C9H16F2O2/c1-7(2)9(11)5-13-6-12-4-8(3)10/h8-9H,1,4-6H2,2-3H3. The zero-order valence-corrected chi connectivity index (χ0v) is 8.06. The van der Waals surface area contributed by atoms with E-state index in [1.165, 1.54) is 6.92 Å². The molecule has 0 spiro atoms. The Balaban J connectivity index is 3.21. The van der Waals surface area contributed by atoms with Gasteiger partial charge in [-0.25, -0.2) is 8.78 Å². The first kappa shape index (κ1) is 12.5. The van der Waals surface area contributed by atoms with Crippen molar-refractivity contribution in [3.05, 3.63) is 12.2 Å². The largest absolute Gasteiger partial charge is 0.352 e. The lowest BCUT2D eigenvalue weighted by molar-refractivity contribution is -0.0748. The summed E-state index contributed by atoms with van der Waals surface area (Å²) in [7, 11) is 0. The van der Waals surface area contributed by atoms with Gasteiger partial charge in [-0.15, -0.1) is 0 Å². The summed E-state index contributed by atoms with van der Waals surface area (Å²) >= 11 is 0. The van der Waals surface area contributed by atoms with Crippen LogP contribution in [0, 0.1) is 0 Å². The molecule has 0 N–H and O–H groups in total. The van der Waals surface area contributed by atoms with Gasteiger partial charge in [-0.05, 0) is 19.4 Å². The van der Waals surface area contributed by atoms with Crippen LogP contribution in [0.4, 0.5) is 8.78 Å². The first-order valence-corrected chi connectivity index (χ1v) is 4.13. The highest BCUT2D eigenvalue weighted by Gasteiger charge is 2.06. The van der Waals surface area contributed by atoms with Crippen LogP contribution in [0.1, 0.15) is 13.8 Å². The molecule has 0 saturated carbocycles. The normalized spacial score (nSPS) is 15.4. The summed E-state index contributed by atoms with van der Waals surface area (Å²) in [5.41, 5.74) is 0.416. The van der Waals surface area contributed by atoms with E-state index in [1.54, 1.807) is 6.92 Å². The minimum Gasteiger partial charge on any atom is -0.352 e. The van der Waals surface area contributed by atoms with E-state index in [0.29, 0.717) is 5.57 Å². The summed E-state index contributed by atoms with van der Waals surface area (Å²) in [6, 6.07) is 0. The minimum atomic E-state index is -1.17. The van der Waals surface area contributed by atoms with Gasteiger partial charge in [0.1, 0.15) is 19.1 Å². The van der Waals surface area contributed by atoms with Gasteiger partial charge in [-0.3, -0.25) is 0 Å². The molecular formula is C9H16F2O2. The van der Waals surface area contributed by atoms with Gasteiger partial charge in [0.25, 0.3) is 0 Å². The van der Waals surface area contributed by atoms with E-state index in [4.69, 9.17) is 9.47 Å². The van der Waals surface area contributed by atoms with Gasteiger partial charge in [0.2, 0.25) is 0 Å². The van der Waals surface area contributed by atoms with E-state index in [2.05, 4.69) is 6.58 Å². The third-order valence-corrected chi connectivity index (χ3v) is 1.31. The average Bonchev–Trinajstić information content (AvgIpc) is 2.02. The number of ether oxygens (including phenoxy) is 2. The van der Waals surface area contributed by atoms with Gasteiger partial charge in [0.05, 0.1) is 13.2 Å². The van der Waals surface area contributed by atoms with Crippen molar-refractivity contribution < 1.29 is 18.3 Å². The molecule has 0 saturated heterocycles. The molecule has 0 heterocycles. The molecule has 0 aliphatic carbocycles. The lowest BCUT2D eigenvalue weighted by Crippen LogP contribution is -2.15. The Labute approximate surface area is 77.5 Å². The fourth-order valence-electron chi connectivity index (χ4n) is 0.563. The van der Waals surface area contributed by atoms with Gasteiger partial charge in [-0.2, -0.15) is 0 Å². The van der Waals surface area contributed by atoms with Crippen LogP contribution in [-0.4, -0.2) is 32.4 Å². The van der Waals surface area contributed by atoms with Crippen LogP contribution in [0.3, 0.4) is 0 Å². The van der Waals surface area contributed by atoms with Crippen molar-refractivity contribution in [2.24, 2.45) is 0 Å². The Kier molecular flexibility index (Phi) is 6.72. The summed E-state index contributed by atoms with van der Waals surface area (Å²) in [5.74, 6) is 0. The second-order valence-corrected chi connectivity index (χ2v) is 2.95. The molecule has 4 heteroatoms. The van der Waals surface area contributed by atoms with Gasteiger partial charge >= 0.3 is 0 Å². The Morgan fingerprint density at radius 1 is 1.31 bits per heavy atom. The minimum absolute atomic E-state index is 0.0238. The number of rotatable bonds is 7. The van der Waals surface area contributed by atoms with Crippen LogP contribution < -0.4 is 0 Å². The van der Waals surface area contributed by atoms with Crippen LogP contribution in [0.15, 0.2) is 12.2 Å². The van der Waals surface area contributed by atoms with E-state index in [9.17, 15) is 8.78 Å². The Morgan fingerprint density at radius 3 is 2.31 bits per heavy atom. The maximum atomic E-state index is 12.8. The fraction of sp³-hybridized carbons (Fsp3) is 0.778. The van der Waals surface area contributed by atoms with Gasteiger partial charge < -0.3 is 9.47 Å². The highest BCUT2D eigenvalue weighted by atomic mass is 19.1. The van der Waals surface area contributed by atoms with Crippen molar-refractivity contribution in [1.82, 2.24) is 0 Å². The van der Waals surface area contributed by atoms with Crippen LogP contribution in [0.5, 0.6) is 0 Å². The molecule has 13 heavy (non-hydrogen) atoms. The molecule has 2 unspecified atom stereocenters. The molecule has 0 fully saturated rings. The van der Waals surface area contributed by atoms with Crippen LogP contribution >= 0.6 is 0 Å². The highest BCUT2D eigenvalue weighted by molar-refractivity contribution is 4.96. The zero-order chi connectivity index (χ0) is 10.3. The Hall–Kier alpha value is -0.480. The van der Waals surface area contributed by atoms with Crippen molar-refractivity contribution in [2.45, 2.75) is 26.2 Å². The number of hydrogen-bond donors (Lipinski definition) is 0. The molecule has 0 radical (unpaired) electrons. The molecule has 0 aromatic rings. The summed E-state index contributed by atoms with van der Waals surface area (Å²) < 4.78 is 34.4. The van der Waals surface area contributed by atoms with Crippen LogP contribution in [0.2, 0.25) is 0 Å². The first-order valence-electron chi connectivity index (χ1n) is 4.13. The third-order valence-electron chi connectivity index (χ3n) is 1.31. The molecule has 0 rings (SSSR count). The molecule has 0 aromatic carbocycles. The number of hydrogen-bond acceptors (Lipinski definition) is 2. The smallest absolute Gasteiger partial charge is 0.147 e. The van der Waals surface area contributed by atoms with E-state index in [0.717, 1.165) is 0 Å². The summed E-state index contributed by atoms with van der Waals surface area (Å²) in [6.07, 6.45) is -2.20. The van der Waals surface area contributed by atoms with Crippen molar-refractivity contribution in [2.75, 3.05) is 20.0 Å². The lowest BCUT2D eigenvalue weighted by atomic mass is 10.2. The average molecular weight is 194 g/mol. The van der Waals surface area contributed by atoms with Crippen LogP contribution in [-0.2, 0) is 9.47 Å². The van der Waals surface area contributed by atoms with Crippen LogP contribution in [0.25, 0.3) is 0 Å². The van der Waals surface area contributed by atoms with E-state index in [1.807, 2.05) is 0 Å². The molecule has 0 bridgehead atoms. The maximum absolute atomic E-state index is 12.8. The monoisotopic (exact) mass is 194 g/mol. The van der Waals surface area contributed by atoms with Crippen molar-refractivity contribution >= 4 is 0 Å². The second kappa shape index (κ2) is 6.97. The molecule has 78 valence electrons. The number of alkyl halides is 2. The Bertz CT molecular complexity index is 149. The van der Waals surface area contributed by atoms with Gasteiger partial charge in [0, 0.05) is 0 Å².